The van der Waals surface area contributed by atoms with Crippen LogP contribution in [-0.4, -0.2) is 24.0 Å². The van der Waals surface area contributed by atoms with Crippen molar-refractivity contribution < 1.29 is 4.79 Å². The SMILES string of the molecule is Cc1ccc(C(=O)Nc2ccc(-c3csc(N4CCCC4)n3)cc2)cc1. The molecule has 3 aromatic rings. The molecule has 1 aromatic heterocycles. The van der Waals surface area contributed by atoms with Gasteiger partial charge in [0.25, 0.3) is 5.91 Å². The summed E-state index contributed by atoms with van der Waals surface area (Å²) < 4.78 is 0. The minimum Gasteiger partial charge on any atom is -0.348 e. The minimum absolute atomic E-state index is 0.0947. The Morgan fingerprint density at radius 2 is 1.73 bits per heavy atom. The number of carbonyl (C=O) groups excluding carboxylic acids is 1. The Kier molecular flexibility index (Phi) is 4.71. The topological polar surface area (TPSA) is 45.2 Å². The van der Waals surface area contributed by atoms with Crippen LogP contribution in [0.5, 0.6) is 0 Å². The van der Waals surface area contributed by atoms with Crippen molar-refractivity contribution in [2.45, 2.75) is 19.8 Å². The monoisotopic (exact) mass is 363 g/mol. The number of nitrogens with zero attached hydrogens (tertiary/aromatic N) is 2. The van der Waals surface area contributed by atoms with Crippen molar-refractivity contribution in [1.82, 2.24) is 4.98 Å². The zero-order chi connectivity index (χ0) is 17.9. The number of benzene rings is 2. The van der Waals surface area contributed by atoms with Crippen LogP contribution >= 0.6 is 11.3 Å². The highest BCUT2D eigenvalue weighted by molar-refractivity contribution is 7.14. The Morgan fingerprint density at radius 1 is 1.04 bits per heavy atom. The Hall–Kier alpha value is -2.66. The second kappa shape index (κ2) is 7.30. The van der Waals surface area contributed by atoms with E-state index in [1.807, 2.05) is 55.5 Å². The molecule has 0 atom stereocenters. The first-order chi connectivity index (χ1) is 12.7. The van der Waals surface area contributed by atoms with Gasteiger partial charge in [0.15, 0.2) is 5.13 Å². The first-order valence-electron chi connectivity index (χ1n) is 8.88. The highest BCUT2D eigenvalue weighted by Gasteiger charge is 2.16. The van der Waals surface area contributed by atoms with Crippen molar-refractivity contribution in [3.63, 3.8) is 0 Å². The summed E-state index contributed by atoms with van der Waals surface area (Å²) in [6.45, 7) is 4.22. The van der Waals surface area contributed by atoms with Gasteiger partial charge in [-0.15, -0.1) is 11.3 Å². The fourth-order valence-electron chi connectivity index (χ4n) is 3.08. The number of aryl methyl sites for hydroxylation is 1. The zero-order valence-electron chi connectivity index (χ0n) is 14.7. The lowest BCUT2D eigenvalue weighted by molar-refractivity contribution is 0.102. The largest absolute Gasteiger partial charge is 0.348 e. The summed E-state index contributed by atoms with van der Waals surface area (Å²) in [5, 5.41) is 6.15. The van der Waals surface area contributed by atoms with E-state index in [9.17, 15) is 4.79 Å². The molecule has 1 aliphatic rings. The first-order valence-corrected chi connectivity index (χ1v) is 9.76. The molecule has 0 spiro atoms. The Balaban J connectivity index is 1.45. The molecule has 1 N–H and O–H groups in total. The standard InChI is InChI=1S/C21H21N3OS/c1-15-4-6-17(7-5-15)20(25)22-18-10-8-16(9-11-18)19-14-26-21(23-19)24-12-2-3-13-24/h4-11,14H,2-3,12-13H2,1H3,(H,22,25). The first kappa shape index (κ1) is 16.8. The van der Waals surface area contributed by atoms with Crippen LogP contribution in [0.15, 0.2) is 53.9 Å². The third-order valence-electron chi connectivity index (χ3n) is 4.62. The van der Waals surface area contributed by atoms with Crippen LogP contribution in [0, 0.1) is 6.92 Å². The smallest absolute Gasteiger partial charge is 0.255 e. The minimum atomic E-state index is -0.0947. The summed E-state index contributed by atoms with van der Waals surface area (Å²) in [7, 11) is 0. The quantitative estimate of drug-likeness (QED) is 0.712. The third-order valence-corrected chi connectivity index (χ3v) is 5.52. The fourth-order valence-corrected chi connectivity index (χ4v) is 3.97. The van der Waals surface area contributed by atoms with Crippen LogP contribution in [0.2, 0.25) is 0 Å². The number of hydrogen-bond donors (Lipinski definition) is 1. The lowest BCUT2D eigenvalue weighted by Gasteiger charge is -2.12. The molecule has 132 valence electrons. The molecule has 0 aliphatic carbocycles. The van der Waals surface area contributed by atoms with E-state index in [1.54, 1.807) is 11.3 Å². The van der Waals surface area contributed by atoms with Crippen molar-refractivity contribution in [1.29, 1.82) is 0 Å². The molecule has 1 saturated heterocycles. The van der Waals surface area contributed by atoms with E-state index in [-0.39, 0.29) is 5.91 Å². The van der Waals surface area contributed by atoms with Crippen molar-refractivity contribution in [3.05, 3.63) is 65.0 Å². The molecule has 26 heavy (non-hydrogen) atoms. The maximum absolute atomic E-state index is 12.3. The highest BCUT2D eigenvalue weighted by Crippen LogP contribution is 2.30. The van der Waals surface area contributed by atoms with E-state index >= 15 is 0 Å². The molecule has 0 saturated carbocycles. The normalized spacial score (nSPS) is 13.8. The Bertz CT molecular complexity index is 894. The molecular weight excluding hydrogens is 342 g/mol. The van der Waals surface area contributed by atoms with Gasteiger partial charge in [-0.1, -0.05) is 29.8 Å². The summed E-state index contributed by atoms with van der Waals surface area (Å²) >= 11 is 1.70. The highest BCUT2D eigenvalue weighted by atomic mass is 32.1. The van der Waals surface area contributed by atoms with Gasteiger partial charge in [0.2, 0.25) is 0 Å². The molecule has 1 fully saturated rings. The van der Waals surface area contributed by atoms with Crippen LogP contribution in [0.3, 0.4) is 0 Å². The number of amides is 1. The molecule has 0 bridgehead atoms. The molecular formula is C21H21N3OS. The van der Waals surface area contributed by atoms with E-state index in [4.69, 9.17) is 4.98 Å². The molecule has 4 nitrogen and oxygen atoms in total. The van der Waals surface area contributed by atoms with Crippen molar-refractivity contribution in [2.24, 2.45) is 0 Å². The summed E-state index contributed by atoms with van der Waals surface area (Å²) in [4.78, 5) is 19.4. The number of aromatic nitrogens is 1. The van der Waals surface area contributed by atoms with Gasteiger partial charge in [-0.25, -0.2) is 4.98 Å². The van der Waals surface area contributed by atoms with Gasteiger partial charge in [-0.3, -0.25) is 4.79 Å². The van der Waals surface area contributed by atoms with Gasteiger partial charge in [-0.2, -0.15) is 0 Å². The van der Waals surface area contributed by atoms with Gasteiger partial charge in [0, 0.05) is 35.3 Å². The second-order valence-electron chi connectivity index (χ2n) is 6.61. The van der Waals surface area contributed by atoms with Gasteiger partial charge >= 0.3 is 0 Å². The summed E-state index contributed by atoms with van der Waals surface area (Å²) in [6, 6.07) is 15.4. The molecule has 0 unspecified atom stereocenters. The maximum Gasteiger partial charge on any atom is 0.255 e. The van der Waals surface area contributed by atoms with Crippen LogP contribution in [-0.2, 0) is 0 Å². The zero-order valence-corrected chi connectivity index (χ0v) is 15.6. The molecule has 0 radical (unpaired) electrons. The summed E-state index contributed by atoms with van der Waals surface area (Å²) in [6.07, 6.45) is 2.51. The Labute approximate surface area is 157 Å². The van der Waals surface area contributed by atoms with Crippen LogP contribution in [0.1, 0.15) is 28.8 Å². The number of thiazole rings is 1. The van der Waals surface area contributed by atoms with E-state index in [0.717, 1.165) is 40.7 Å². The average Bonchev–Trinajstić information content (AvgIpc) is 3.34. The number of nitrogens with one attached hydrogen (secondary N) is 1. The van der Waals surface area contributed by atoms with Crippen molar-refractivity contribution in [3.8, 4) is 11.3 Å². The van der Waals surface area contributed by atoms with E-state index < -0.39 is 0 Å². The molecule has 2 aromatic carbocycles. The maximum atomic E-state index is 12.3. The number of carbonyl (C=O) groups is 1. The molecule has 1 amide bonds. The van der Waals surface area contributed by atoms with E-state index in [1.165, 1.54) is 12.8 Å². The van der Waals surface area contributed by atoms with Gasteiger partial charge < -0.3 is 10.2 Å². The summed E-state index contributed by atoms with van der Waals surface area (Å²) in [5.41, 5.74) is 4.65. The predicted molar refractivity (Wildman–Crippen MR) is 108 cm³/mol. The summed E-state index contributed by atoms with van der Waals surface area (Å²) in [5.74, 6) is -0.0947. The third kappa shape index (κ3) is 3.63. The van der Waals surface area contributed by atoms with Crippen molar-refractivity contribution in [2.75, 3.05) is 23.3 Å². The lowest BCUT2D eigenvalue weighted by atomic mass is 10.1. The average molecular weight is 363 g/mol. The van der Waals surface area contributed by atoms with Crippen LogP contribution in [0.4, 0.5) is 10.8 Å². The van der Waals surface area contributed by atoms with Crippen LogP contribution in [0.25, 0.3) is 11.3 Å². The van der Waals surface area contributed by atoms with E-state index in [2.05, 4.69) is 15.6 Å². The fraction of sp³-hybridized carbons (Fsp3) is 0.238. The van der Waals surface area contributed by atoms with E-state index in [0.29, 0.717) is 5.56 Å². The molecule has 1 aliphatic heterocycles. The number of hydrogen-bond acceptors (Lipinski definition) is 4. The van der Waals surface area contributed by atoms with Crippen LogP contribution < -0.4 is 10.2 Å². The number of anilines is 2. The van der Waals surface area contributed by atoms with Gasteiger partial charge in [-0.05, 0) is 44.0 Å². The van der Waals surface area contributed by atoms with Gasteiger partial charge in [0.05, 0.1) is 5.69 Å². The second-order valence-corrected chi connectivity index (χ2v) is 7.44. The Morgan fingerprint density at radius 3 is 2.42 bits per heavy atom. The molecule has 2 heterocycles. The van der Waals surface area contributed by atoms with Gasteiger partial charge in [0.1, 0.15) is 0 Å². The number of rotatable bonds is 4. The predicted octanol–water partition coefficient (Wildman–Crippen LogP) is 4.97. The van der Waals surface area contributed by atoms with Crippen molar-refractivity contribution >= 4 is 28.1 Å². The molecule has 5 heteroatoms. The lowest BCUT2D eigenvalue weighted by Crippen LogP contribution is -2.17. The molecule has 4 rings (SSSR count).